The van der Waals surface area contributed by atoms with Crippen molar-refractivity contribution in [3.8, 4) is 0 Å². The number of carbonyl (C=O) groups is 1. The van der Waals surface area contributed by atoms with Gasteiger partial charge in [0.2, 0.25) is 15.9 Å². The topological polar surface area (TPSA) is 75.3 Å². The van der Waals surface area contributed by atoms with Crippen molar-refractivity contribution >= 4 is 31.9 Å². The predicted octanol–water partition coefficient (Wildman–Crippen LogP) is -0.463. The summed E-state index contributed by atoms with van der Waals surface area (Å²) in [6.45, 7) is 0.277. The standard InChI is InChI=1S/C6H11BrN2O3S/c7-4-13(11,12)8-3-5-1-2-6(10)9-5/h5,8H,1-4H2,(H,9,10). The van der Waals surface area contributed by atoms with Crippen molar-refractivity contribution in [2.45, 2.75) is 18.9 Å². The van der Waals surface area contributed by atoms with E-state index in [0.717, 1.165) is 0 Å². The summed E-state index contributed by atoms with van der Waals surface area (Å²) in [5.41, 5.74) is 0. The molecule has 0 aromatic carbocycles. The fourth-order valence-electron chi connectivity index (χ4n) is 1.10. The highest BCUT2D eigenvalue weighted by Gasteiger charge is 2.21. The second-order valence-electron chi connectivity index (χ2n) is 2.88. The van der Waals surface area contributed by atoms with Crippen LogP contribution < -0.4 is 10.0 Å². The molecule has 0 saturated carbocycles. The molecule has 1 aliphatic rings. The average molecular weight is 271 g/mol. The molecule has 1 aliphatic heterocycles. The largest absolute Gasteiger partial charge is 0.352 e. The Morgan fingerprint density at radius 1 is 1.62 bits per heavy atom. The predicted molar refractivity (Wildman–Crippen MR) is 51.9 cm³/mol. The minimum absolute atomic E-state index is 0.0111. The number of hydrogen-bond donors (Lipinski definition) is 2. The number of halogens is 1. The van der Waals surface area contributed by atoms with Gasteiger partial charge in [-0.25, -0.2) is 13.1 Å². The van der Waals surface area contributed by atoms with Crippen LogP contribution in [0.3, 0.4) is 0 Å². The Bertz CT molecular complexity index is 290. The summed E-state index contributed by atoms with van der Waals surface area (Å²) in [6, 6.07) is -0.0543. The Balaban J connectivity index is 2.31. The lowest BCUT2D eigenvalue weighted by molar-refractivity contribution is -0.119. The average Bonchev–Trinajstić information content (AvgIpc) is 2.48. The van der Waals surface area contributed by atoms with Crippen LogP contribution in [-0.2, 0) is 14.8 Å². The molecule has 1 heterocycles. The van der Waals surface area contributed by atoms with Gasteiger partial charge in [-0.2, -0.15) is 0 Å². The lowest BCUT2D eigenvalue weighted by Gasteiger charge is -2.09. The molecule has 1 atom stereocenters. The fourth-order valence-corrected chi connectivity index (χ4v) is 2.11. The van der Waals surface area contributed by atoms with Crippen molar-refractivity contribution in [2.75, 3.05) is 11.2 Å². The van der Waals surface area contributed by atoms with Gasteiger partial charge in [0.1, 0.15) is 4.66 Å². The van der Waals surface area contributed by atoms with Gasteiger partial charge in [-0.05, 0) is 6.42 Å². The van der Waals surface area contributed by atoms with E-state index in [1.807, 2.05) is 0 Å². The molecule has 76 valence electrons. The van der Waals surface area contributed by atoms with Crippen LogP contribution in [0.4, 0.5) is 0 Å². The first-order chi connectivity index (χ1) is 6.03. The second kappa shape index (κ2) is 4.39. The smallest absolute Gasteiger partial charge is 0.221 e. The van der Waals surface area contributed by atoms with Crippen LogP contribution in [0.2, 0.25) is 0 Å². The number of nitrogens with one attached hydrogen (secondary N) is 2. The van der Waals surface area contributed by atoms with Crippen molar-refractivity contribution < 1.29 is 13.2 Å². The van der Waals surface area contributed by atoms with Crippen LogP contribution >= 0.6 is 15.9 Å². The summed E-state index contributed by atoms with van der Waals surface area (Å²) < 4.78 is 24.2. The van der Waals surface area contributed by atoms with Crippen molar-refractivity contribution in [3.63, 3.8) is 0 Å². The summed E-state index contributed by atoms with van der Waals surface area (Å²) in [5.74, 6) is -0.0111. The van der Waals surface area contributed by atoms with Gasteiger partial charge in [0.15, 0.2) is 0 Å². The third-order valence-electron chi connectivity index (χ3n) is 1.78. The number of carbonyl (C=O) groups excluding carboxylic acids is 1. The number of alkyl halides is 1. The van der Waals surface area contributed by atoms with E-state index in [1.54, 1.807) is 0 Å². The summed E-state index contributed by atoms with van der Waals surface area (Å²) in [5, 5.41) is 2.67. The van der Waals surface area contributed by atoms with E-state index in [-0.39, 0.29) is 23.2 Å². The summed E-state index contributed by atoms with van der Waals surface area (Å²) in [7, 11) is -3.21. The van der Waals surface area contributed by atoms with E-state index in [2.05, 4.69) is 26.0 Å². The molecule has 1 fully saturated rings. The van der Waals surface area contributed by atoms with Crippen LogP contribution in [0, 0.1) is 0 Å². The van der Waals surface area contributed by atoms with Crippen LogP contribution in [0.15, 0.2) is 0 Å². The molecule has 7 heteroatoms. The maximum absolute atomic E-state index is 11.0. The van der Waals surface area contributed by atoms with Crippen molar-refractivity contribution in [3.05, 3.63) is 0 Å². The molecule has 1 unspecified atom stereocenters. The molecule has 1 rings (SSSR count). The van der Waals surface area contributed by atoms with Gasteiger partial charge in [-0.3, -0.25) is 4.79 Å². The maximum atomic E-state index is 11.0. The van der Waals surface area contributed by atoms with Crippen LogP contribution in [0.5, 0.6) is 0 Å². The summed E-state index contributed by atoms with van der Waals surface area (Å²) >= 11 is 2.85. The van der Waals surface area contributed by atoms with Crippen molar-refractivity contribution in [2.24, 2.45) is 0 Å². The van der Waals surface area contributed by atoms with Gasteiger partial charge in [-0.1, -0.05) is 15.9 Å². The molecular formula is C6H11BrN2O3S. The first-order valence-electron chi connectivity index (χ1n) is 3.86. The Kier molecular flexibility index (Phi) is 3.69. The van der Waals surface area contributed by atoms with E-state index in [4.69, 9.17) is 0 Å². The lowest BCUT2D eigenvalue weighted by atomic mass is 10.2. The van der Waals surface area contributed by atoms with Gasteiger partial charge >= 0.3 is 0 Å². The Labute approximate surface area is 85.4 Å². The molecule has 0 aliphatic carbocycles. The molecule has 2 N–H and O–H groups in total. The highest BCUT2D eigenvalue weighted by atomic mass is 79.9. The molecule has 0 aromatic heterocycles. The summed E-state index contributed by atoms with van der Waals surface area (Å²) in [6.07, 6.45) is 1.18. The molecule has 5 nitrogen and oxygen atoms in total. The molecule has 0 bridgehead atoms. The minimum Gasteiger partial charge on any atom is -0.352 e. The maximum Gasteiger partial charge on any atom is 0.221 e. The zero-order chi connectivity index (χ0) is 9.90. The Hall–Kier alpha value is -0.140. The Morgan fingerprint density at radius 2 is 2.31 bits per heavy atom. The molecule has 1 amide bonds. The number of amides is 1. The van der Waals surface area contributed by atoms with E-state index in [0.29, 0.717) is 12.8 Å². The zero-order valence-corrected chi connectivity index (χ0v) is 9.32. The summed E-state index contributed by atoms with van der Waals surface area (Å²) in [4.78, 5) is 10.7. The first-order valence-corrected chi connectivity index (χ1v) is 6.63. The minimum atomic E-state index is -3.21. The third kappa shape index (κ3) is 3.61. The van der Waals surface area contributed by atoms with E-state index in [9.17, 15) is 13.2 Å². The zero-order valence-electron chi connectivity index (χ0n) is 6.92. The monoisotopic (exact) mass is 270 g/mol. The molecule has 0 radical (unpaired) electrons. The van der Waals surface area contributed by atoms with Gasteiger partial charge in [-0.15, -0.1) is 0 Å². The molecule has 13 heavy (non-hydrogen) atoms. The van der Waals surface area contributed by atoms with Gasteiger partial charge < -0.3 is 5.32 Å². The van der Waals surface area contributed by atoms with Crippen molar-refractivity contribution in [1.82, 2.24) is 10.0 Å². The number of hydrogen-bond acceptors (Lipinski definition) is 3. The van der Waals surface area contributed by atoms with Gasteiger partial charge in [0, 0.05) is 19.0 Å². The Morgan fingerprint density at radius 3 is 2.77 bits per heavy atom. The number of rotatable bonds is 4. The van der Waals surface area contributed by atoms with Crippen LogP contribution in [-0.4, -0.2) is 31.6 Å². The van der Waals surface area contributed by atoms with Crippen molar-refractivity contribution in [1.29, 1.82) is 0 Å². The number of sulfonamides is 1. The van der Waals surface area contributed by atoms with E-state index < -0.39 is 10.0 Å². The molecule has 0 aromatic rings. The molecular weight excluding hydrogens is 260 g/mol. The molecule has 1 saturated heterocycles. The van der Waals surface area contributed by atoms with Gasteiger partial charge in [0.25, 0.3) is 0 Å². The van der Waals surface area contributed by atoms with E-state index >= 15 is 0 Å². The fraction of sp³-hybridized carbons (Fsp3) is 0.833. The SMILES string of the molecule is O=C1CCC(CNS(=O)(=O)CBr)N1. The lowest BCUT2D eigenvalue weighted by Crippen LogP contribution is -2.38. The highest BCUT2D eigenvalue weighted by molar-refractivity contribution is 9.10. The van der Waals surface area contributed by atoms with E-state index in [1.165, 1.54) is 0 Å². The highest BCUT2D eigenvalue weighted by Crippen LogP contribution is 2.05. The van der Waals surface area contributed by atoms with Crippen LogP contribution in [0.1, 0.15) is 12.8 Å². The van der Waals surface area contributed by atoms with Gasteiger partial charge in [0.05, 0.1) is 0 Å². The molecule has 0 spiro atoms. The second-order valence-corrected chi connectivity index (χ2v) is 5.99. The normalized spacial score (nSPS) is 23.2. The first kappa shape index (κ1) is 10.9. The van der Waals surface area contributed by atoms with Crippen LogP contribution in [0.25, 0.3) is 0 Å². The quantitative estimate of drug-likeness (QED) is 0.679. The third-order valence-corrected chi connectivity index (χ3v) is 4.48.